The van der Waals surface area contributed by atoms with Crippen LogP contribution >= 0.6 is 12.2 Å². The molecular formula is C29H30N4O5S. The minimum Gasteiger partial charge on any atom is -0.466 e. The van der Waals surface area contributed by atoms with Gasteiger partial charge in [0.1, 0.15) is 0 Å². The third-order valence-electron chi connectivity index (χ3n) is 5.48. The normalized spacial score (nSPS) is 10.2. The highest BCUT2D eigenvalue weighted by molar-refractivity contribution is 7.80. The lowest BCUT2D eigenvalue weighted by Crippen LogP contribution is -2.48. The van der Waals surface area contributed by atoms with Gasteiger partial charge in [-0.1, -0.05) is 48.5 Å². The average molecular weight is 547 g/mol. The summed E-state index contributed by atoms with van der Waals surface area (Å²) in [5, 5.41) is 5.12. The molecule has 0 unspecified atom stereocenters. The fourth-order valence-electron chi connectivity index (χ4n) is 3.48. The molecule has 0 radical (unpaired) electrons. The van der Waals surface area contributed by atoms with Crippen LogP contribution < -0.4 is 21.5 Å². The number of nitrogens with one attached hydrogen (secondary N) is 4. The summed E-state index contributed by atoms with van der Waals surface area (Å²) >= 11 is 5.03. The fourth-order valence-corrected chi connectivity index (χ4v) is 3.64. The van der Waals surface area contributed by atoms with E-state index in [0.717, 1.165) is 12.8 Å². The predicted octanol–water partition coefficient (Wildman–Crippen LogP) is 3.92. The Labute approximate surface area is 232 Å². The molecule has 0 aromatic heterocycles. The van der Waals surface area contributed by atoms with Crippen molar-refractivity contribution in [2.45, 2.75) is 32.1 Å². The number of hydrazine groups is 1. The second-order valence-electron chi connectivity index (χ2n) is 8.52. The molecule has 10 heteroatoms. The number of thiocarbonyl (C=S) groups is 1. The third-order valence-corrected chi connectivity index (χ3v) is 5.69. The summed E-state index contributed by atoms with van der Waals surface area (Å²) in [5.74, 6) is -1.49. The summed E-state index contributed by atoms with van der Waals surface area (Å²) < 4.78 is 5.20. The second-order valence-corrected chi connectivity index (χ2v) is 8.93. The lowest BCUT2D eigenvalue weighted by atomic mass is 10.1. The van der Waals surface area contributed by atoms with Crippen LogP contribution in [0.15, 0.2) is 84.9 Å². The molecule has 202 valence electrons. The third kappa shape index (κ3) is 10.7. The van der Waals surface area contributed by atoms with Crippen molar-refractivity contribution >= 4 is 46.7 Å². The Balaban J connectivity index is 1.27. The van der Waals surface area contributed by atoms with E-state index < -0.39 is 11.8 Å². The highest BCUT2D eigenvalue weighted by atomic mass is 32.1. The summed E-state index contributed by atoms with van der Waals surface area (Å²) in [6.07, 6.45) is 2.07. The van der Waals surface area contributed by atoms with Crippen LogP contribution in [0.1, 0.15) is 52.0 Å². The number of amides is 3. The summed E-state index contributed by atoms with van der Waals surface area (Å²) in [7, 11) is 0. The van der Waals surface area contributed by atoms with Crippen molar-refractivity contribution in [2.24, 2.45) is 0 Å². The van der Waals surface area contributed by atoms with Crippen molar-refractivity contribution in [1.29, 1.82) is 0 Å². The molecule has 0 fully saturated rings. The number of hydrogen-bond donors (Lipinski definition) is 4. The predicted molar refractivity (Wildman–Crippen MR) is 152 cm³/mol. The molecule has 0 bridgehead atoms. The van der Waals surface area contributed by atoms with Crippen LogP contribution in [0.2, 0.25) is 0 Å². The molecular weight excluding hydrogens is 516 g/mol. The van der Waals surface area contributed by atoms with Crippen molar-refractivity contribution in [1.82, 2.24) is 16.2 Å². The largest absolute Gasteiger partial charge is 0.466 e. The van der Waals surface area contributed by atoms with Gasteiger partial charge in [-0.2, -0.15) is 0 Å². The van der Waals surface area contributed by atoms with Gasteiger partial charge in [-0.05, 0) is 73.4 Å². The first kappa shape index (κ1) is 29.0. The van der Waals surface area contributed by atoms with Crippen molar-refractivity contribution in [3.05, 3.63) is 102 Å². The number of hydrogen-bond acceptors (Lipinski definition) is 6. The van der Waals surface area contributed by atoms with Crippen LogP contribution in [0.3, 0.4) is 0 Å². The monoisotopic (exact) mass is 546 g/mol. The number of rotatable bonds is 11. The first-order valence-corrected chi connectivity index (χ1v) is 12.9. The Hall–Kier alpha value is -4.57. The highest BCUT2D eigenvalue weighted by Crippen LogP contribution is 2.11. The van der Waals surface area contributed by atoms with Crippen LogP contribution in [0, 0.1) is 0 Å². The zero-order valence-electron chi connectivity index (χ0n) is 21.3. The molecule has 0 atom stereocenters. The van der Waals surface area contributed by atoms with Gasteiger partial charge < -0.3 is 15.4 Å². The molecule has 0 aliphatic rings. The maximum Gasteiger partial charge on any atom is 0.305 e. The number of ether oxygens (including phenoxy) is 1. The Bertz CT molecular complexity index is 1270. The molecule has 0 aliphatic carbocycles. The molecule has 3 amide bonds. The molecule has 3 rings (SSSR count). The molecule has 3 aromatic rings. The van der Waals surface area contributed by atoms with Crippen molar-refractivity contribution in [2.75, 3.05) is 11.9 Å². The van der Waals surface area contributed by atoms with E-state index in [4.69, 9.17) is 17.0 Å². The number of esters is 1. The van der Waals surface area contributed by atoms with E-state index in [0.29, 0.717) is 29.8 Å². The first-order chi connectivity index (χ1) is 18.9. The van der Waals surface area contributed by atoms with E-state index in [1.807, 2.05) is 36.4 Å². The van der Waals surface area contributed by atoms with Gasteiger partial charge in [-0.3, -0.25) is 30.0 Å². The van der Waals surface area contributed by atoms with E-state index in [1.165, 1.54) is 5.56 Å². The van der Waals surface area contributed by atoms with Gasteiger partial charge in [0.25, 0.3) is 11.8 Å². The molecule has 0 spiro atoms. The zero-order valence-corrected chi connectivity index (χ0v) is 22.1. The average Bonchev–Trinajstić information content (AvgIpc) is 2.95. The number of carbonyl (C=O) groups is 4. The van der Waals surface area contributed by atoms with E-state index >= 15 is 0 Å². The first-order valence-electron chi connectivity index (χ1n) is 12.5. The number of aryl methyl sites for hydroxylation is 1. The molecule has 39 heavy (non-hydrogen) atoms. The number of carbonyl (C=O) groups excluding carboxylic acids is 4. The van der Waals surface area contributed by atoms with Gasteiger partial charge in [-0.25, -0.2) is 0 Å². The standard InChI is InChI=1S/C29H30N4O5S/c34-25(14-7-15-26(35)38-20-8-11-21-9-3-1-4-10-21)31-29(39)33-32-28(37)23-16-18-24(19-17-23)30-27(36)22-12-5-2-6-13-22/h1-6,9-10,12-13,16-19H,7-8,11,14-15,20H2,(H,30,36)(H,32,37)(H2,31,33,34,39). The maximum atomic E-state index is 12.3. The Kier molecular flexibility index (Phi) is 11.6. The van der Waals surface area contributed by atoms with Gasteiger partial charge in [-0.15, -0.1) is 0 Å². The molecule has 9 nitrogen and oxygen atoms in total. The Morgan fingerprint density at radius 2 is 1.33 bits per heavy atom. The Morgan fingerprint density at radius 3 is 2.03 bits per heavy atom. The fraction of sp³-hybridized carbons (Fsp3) is 0.207. The van der Waals surface area contributed by atoms with Crippen molar-refractivity contribution in [3.8, 4) is 0 Å². The maximum absolute atomic E-state index is 12.3. The minimum atomic E-state index is -0.484. The SMILES string of the molecule is O=C(CCCC(=O)OCCCc1ccccc1)NC(=S)NNC(=O)c1ccc(NC(=O)c2ccccc2)cc1. The lowest BCUT2D eigenvalue weighted by Gasteiger charge is -2.11. The van der Waals surface area contributed by atoms with Crippen molar-refractivity contribution < 1.29 is 23.9 Å². The van der Waals surface area contributed by atoms with Gasteiger partial charge in [0.2, 0.25) is 5.91 Å². The number of benzene rings is 3. The molecule has 0 saturated heterocycles. The Morgan fingerprint density at radius 1 is 0.692 bits per heavy atom. The van der Waals surface area contributed by atoms with Gasteiger partial charge in [0.15, 0.2) is 5.11 Å². The van der Waals surface area contributed by atoms with E-state index in [9.17, 15) is 19.2 Å². The lowest BCUT2D eigenvalue weighted by molar-refractivity contribution is -0.143. The summed E-state index contributed by atoms with van der Waals surface area (Å²) in [6, 6.07) is 25.0. The molecule has 4 N–H and O–H groups in total. The van der Waals surface area contributed by atoms with Crippen molar-refractivity contribution in [3.63, 3.8) is 0 Å². The van der Waals surface area contributed by atoms with E-state index in [-0.39, 0.29) is 29.8 Å². The van der Waals surface area contributed by atoms with E-state index in [2.05, 4.69) is 21.5 Å². The zero-order chi connectivity index (χ0) is 27.9. The van der Waals surface area contributed by atoms with Crippen LogP contribution in [0.25, 0.3) is 0 Å². The smallest absolute Gasteiger partial charge is 0.305 e. The van der Waals surface area contributed by atoms with Gasteiger partial charge >= 0.3 is 5.97 Å². The molecule has 0 saturated carbocycles. The minimum absolute atomic E-state index is 0.0744. The quantitative estimate of drug-likeness (QED) is 0.124. The number of anilines is 1. The topological polar surface area (TPSA) is 126 Å². The second kappa shape index (κ2) is 15.6. The van der Waals surface area contributed by atoms with E-state index in [1.54, 1.807) is 48.5 Å². The summed E-state index contributed by atoms with van der Waals surface area (Å²) in [5.41, 5.74) is 7.43. The van der Waals surface area contributed by atoms with Crippen LogP contribution in [0.5, 0.6) is 0 Å². The highest BCUT2D eigenvalue weighted by Gasteiger charge is 2.11. The van der Waals surface area contributed by atoms with Gasteiger partial charge in [0.05, 0.1) is 6.61 Å². The summed E-state index contributed by atoms with van der Waals surface area (Å²) in [4.78, 5) is 48.5. The molecule has 0 aliphatic heterocycles. The van der Waals surface area contributed by atoms with Crippen LogP contribution in [-0.2, 0) is 20.7 Å². The van der Waals surface area contributed by atoms with Crippen LogP contribution in [0.4, 0.5) is 5.69 Å². The van der Waals surface area contributed by atoms with Gasteiger partial charge in [0, 0.05) is 29.7 Å². The summed E-state index contributed by atoms with van der Waals surface area (Å²) in [6.45, 7) is 0.332. The molecule has 0 heterocycles. The van der Waals surface area contributed by atoms with Crippen LogP contribution in [-0.4, -0.2) is 35.4 Å². The molecule has 3 aromatic carbocycles.